The summed E-state index contributed by atoms with van der Waals surface area (Å²) in [6, 6.07) is -0.0933. The molecule has 0 aromatic carbocycles. The van der Waals surface area contributed by atoms with Crippen molar-refractivity contribution < 1.29 is 19.4 Å². The molecular weight excluding hydrogens is 312 g/mol. The molecule has 8 nitrogen and oxygen atoms in total. The first-order chi connectivity index (χ1) is 11.1. The van der Waals surface area contributed by atoms with Crippen molar-refractivity contribution in [2.45, 2.75) is 65.0 Å². The third-order valence-corrected chi connectivity index (χ3v) is 3.87. The van der Waals surface area contributed by atoms with Crippen LogP contribution in [0.5, 0.6) is 0 Å². The van der Waals surface area contributed by atoms with E-state index in [1.807, 2.05) is 34.6 Å². The minimum Gasteiger partial charge on any atom is -0.476 e. The summed E-state index contributed by atoms with van der Waals surface area (Å²) in [5.74, 6) is -1.10. The van der Waals surface area contributed by atoms with Crippen LogP contribution in [-0.2, 0) is 4.74 Å². The lowest BCUT2D eigenvalue weighted by atomic mass is 10.0. The number of nitrogens with zero attached hydrogens (tertiary/aromatic N) is 4. The van der Waals surface area contributed by atoms with Gasteiger partial charge in [0, 0.05) is 13.1 Å². The number of rotatable bonds is 3. The zero-order chi connectivity index (χ0) is 18.1. The molecule has 0 spiro atoms. The minimum absolute atomic E-state index is 0.0145. The topological polar surface area (TPSA) is 97.5 Å². The zero-order valence-corrected chi connectivity index (χ0v) is 14.9. The van der Waals surface area contributed by atoms with Gasteiger partial charge in [0.25, 0.3) is 0 Å². The predicted octanol–water partition coefficient (Wildman–Crippen LogP) is 2.67. The summed E-state index contributed by atoms with van der Waals surface area (Å²) in [7, 11) is 0. The quantitative estimate of drug-likeness (QED) is 0.910. The number of carbonyl (C=O) groups excluding carboxylic acids is 1. The van der Waals surface area contributed by atoms with Crippen LogP contribution < -0.4 is 0 Å². The fourth-order valence-electron chi connectivity index (χ4n) is 2.91. The van der Waals surface area contributed by atoms with Gasteiger partial charge in [0.05, 0.1) is 11.7 Å². The Morgan fingerprint density at radius 1 is 1.33 bits per heavy atom. The molecule has 24 heavy (non-hydrogen) atoms. The second-order valence-corrected chi connectivity index (χ2v) is 7.45. The number of hydrogen-bond acceptors (Lipinski definition) is 5. The van der Waals surface area contributed by atoms with Crippen LogP contribution in [0.3, 0.4) is 0 Å². The molecule has 1 amide bonds. The lowest BCUT2D eigenvalue weighted by molar-refractivity contribution is 0.0164. The SMILES string of the molecule is CC(C)c1c(C(=O)O)nnn1C1CCCN(C(=O)OC(C)(C)C)C1. The number of amides is 1. The van der Waals surface area contributed by atoms with Gasteiger partial charge in [-0.15, -0.1) is 5.10 Å². The van der Waals surface area contributed by atoms with Gasteiger partial charge in [0.15, 0.2) is 5.69 Å². The van der Waals surface area contributed by atoms with E-state index in [2.05, 4.69) is 10.3 Å². The van der Waals surface area contributed by atoms with Crippen molar-refractivity contribution >= 4 is 12.1 Å². The number of aromatic nitrogens is 3. The highest BCUT2D eigenvalue weighted by Crippen LogP contribution is 2.27. The summed E-state index contributed by atoms with van der Waals surface area (Å²) in [6.45, 7) is 10.4. The van der Waals surface area contributed by atoms with Crippen molar-refractivity contribution in [3.8, 4) is 0 Å². The number of carbonyl (C=O) groups is 2. The predicted molar refractivity (Wildman–Crippen MR) is 87.1 cm³/mol. The number of likely N-dealkylation sites (tertiary alicyclic amines) is 1. The van der Waals surface area contributed by atoms with Gasteiger partial charge in [0.1, 0.15) is 5.60 Å². The molecule has 1 aromatic heterocycles. The van der Waals surface area contributed by atoms with Gasteiger partial charge in [-0.25, -0.2) is 14.3 Å². The third kappa shape index (κ3) is 4.04. The maximum atomic E-state index is 12.3. The van der Waals surface area contributed by atoms with Crippen molar-refractivity contribution in [3.05, 3.63) is 11.4 Å². The summed E-state index contributed by atoms with van der Waals surface area (Å²) >= 11 is 0. The van der Waals surface area contributed by atoms with E-state index in [4.69, 9.17) is 4.74 Å². The van der Waals surface area contributed by atoms with Crippen molar-refractivity contribution in [1.29, 1.82) is 0 Å². The summed E-state index contributed by atoms with van der Waals surface area (Å²) in [6.07, 6.45) is 1.28. The number of hydrogen-bond donors (Lipinski definition) is 1. The van der Waals surface area contributed by atoms with E-state index < -0.39 is 11.6 Å². The molecule has 1 aliphatic heterocycles. The van der Waals surface area contributed by atoms with Crippen LogP contribution in [0.15, 0.2) is 0 Å². The van der Waals surface area contributed by atoms with Crippen LogP contribution in [0.2, 0.25) is 0 Å². The Hall–Kier alpha value is -2.12. The van der Waals surface area contributed by atoms with E-state index in [0.717, 1.165) is 12.8 Å². The summed E-state index contributed by atoms with van der Waals surface area (Å²) in [5, 5.41) is 17.2. The average Bonchev–Trinajstić information content (AvgIpc) is 2.90. The van der Waals surface area contributed by atoms with Crippen LogP contribution in [0.25, 0.3) is 0 Å². The number of carboxylic acids is 1. The molecular formula is C16H26N4O4. The van der Waals surface area contributed by atoms with E-state index >= 15 is 0 Å². The first-order valence-electron chi connectivity index (χ1n) is 8.26. The summed E-state index contributed by atoms with van der Waals surface area (Å²) in [4.78, 5) is 25.3. The van der Waals surface area contributed by atoms with Crippen LogP contribution in [0, 0.1) is 0 Å². The van der Waals surface area contributed by atoms with Gasteiger partial charge >= 0.3 is 12.1 Å². The van der Waals surface area contributed by atoms with Crippen molar-refractivity contribution in [3.63, 3.8) is 0 Å². The van der Waals surface area contributed by atoms with Gasteiger partial charge in [-0.1, -0.05) is 19.1 Å². The fraction of sp³-hybridized carbons (Fsp3) is 0.750. The van der Waals surface area contributed by atoms with E-state index in [9.17, 15) is 14.7 Å². The minimum atomic E-state index is -1.08. The second kappa shape index (κ2) is 6.78. The standard InChI is InChI=1S/C16H26N4O4/c1-10(2)13-12(14(21)22)17-18-20(13)11-7-6-8-19(9-11)15(23)24-16(3,4)5/h10-11H,6-9H2,1-5H3,(H,21,22). The number of piperidine rings is 1. The Balaban J connectivity index is 2.21. The molecule has 1 saturated heterocycles. The highest BCUT2D eigenvalue weighted by Gasteiger charge is 2.32. The lowest BCUT2D eigenvalue weighted by Crippen LogP contribution is -2.43. The Morgan fingerprint density at radius 3 is 2.54 bits per heavy atom. The van der Waals surface area contributed by atoms with Crippen molar-refractivity contribution in [2.75, 3.05) is 13.1 Å². The molecule has 1 fully saturated rings. The Morgan fingerprint density at radius 2 is 2.00 bits per heavy atom. The molecule has 1 unspecified atom stereocenters. The van der Waals surface area contributed by atoms with Gasteiger partial charge in [-0.3, -0.25) is 0 Å². The summed E-state index contributed by atoms with van der Waals surface area (Å²) in [5.41, 5.74) is 0.0366. The third-order valence-electron chi connectivity index (χ3n) is 3.87. The Labute approximate surface area is 141 Å². The first kappa shape index (κ1) is 18.2. The molecule has 134 valence electrons. The molecule has 1 atom stereocenters. The summed E-state index contributed by atoms with van der Waals surface area (Å²) < 4.78 is 7.10. The molecule has 1 aromatic rings. The Kier molecular flexibility index (Phi) is 5.15. The molecule has 0 saturated carbocycles. The fourth-order valence-corrected chi connectivity index (χ4v) is 2.91. The van der Waals surface area contributed by atoms with Crippen molar-refractivity contribution in [2.24, 2.45) is 0 Å². The van der Waals surface area contributed by atoms with E-state index in [1.54, 1.807) is 9.58 Å². The monoisotopic (exact) mass is 338 g/mol. The number of aromatic carboxylic acids is 1. The van der Waals surface area contributed by atoms with Crippen LogP contribution in [-0.4, -0.2) is 55.8 Å². The highest BCUT2D eigenvalue weighted by molar-refractivity contribution is 5.86. The molecule has 2 heterocycles. The maximum absolute atomic E-state index is 12.3. The normalized spacial score (nSPS) is 18.8. The van der Waals surface area contributed by atoms with Crippen molar-refractivity contribution in [1.82, 2.24) is 19.9 Å². The van der Waals surface area contributed by atoms with Gasteiger partial charge < -0.3 is 14.7 Å². The smallest absolute Gasteiger partial charge is 0.410 e. The van der Waals surface area contributed by atoms with Gasteiger partial charge in [-0.2, -0.15) is 0 Å². The molecule has 0 bridgehead atoms. The Bertz CT molecular complexity index is 618. The van der Waals surface area contributed by atoms with Gasteiger partial charge in [0.2, 0.25) is 0 Å². The molecule has 1 N–H and O–H groups in total. The second-order valence-electron chi connectivity index (χ2n) is 7.45. The number of ether oxygens (including phenoxy) is 1. The zero-order valence-electron chi connectivity index (χ0n) is 14.9. The van der Waals surface area contributed by atoms with Crippen LogP contribution >= 0.6 is 0 Å². The van der Waals surface area contributed by atoms with Crippen LogP contribution in [0.4, 0.5) is 4.79 Å². The molecule has 0 aliphatic carbocycles. The lowest BCUT2D eigenvalue weighted by Gasteiger charge is -2.34. The molecule has 1 aliphatic rings. The highest BCUT2D eigenvalue weighted by atomic mass is 16.6. The maximum Gasteiger partial charge on any atom is 0.410 e. The largest absolute Gasteiger partial charge is 0.476 e. The average molecular weight is 338 g/mol. The van der Waals surface area contributed by atoms with E-state index in [1.165, 1.54) is 0 Å². The van der Waals surface area contributed by atoms with Crippen LogP contribution in [0.1, 0.15) is 75.6 Å². The first-order valence-corrected chi connectivity index (χ1v) is 8.26. The molecule has 8 heteroatoms. The molecule has 2 rings (SSSR count). The molecule has 0 radical (unpaired) electrons. The van der Waals surface area contributed by atoms with E-state index in [-0.39, 0.29) is 23.7 Å². The van der Waals surface area contributed by atoms with Gasteiger partial charge in [-0.05, 0) is 39.5 Å². The van der Waals surface area contributed by atoms with E-state index in [0.29, 0.717) is 18.8 Å². The number of carboxylic acid groups (broad SMARTS) is 1.